The molecule has 1 aromatic carbocycles. The van der Waals surface area contributed by atoms with Crippen LogP contribution in [0.25, 0.3) is 0 Å². The molecule has 0 aromatic heterocycles. The lowest BCUT2D eigenvalue weighted by Gasteiger charge is -2.31. The first-order valence-corrected chi connectivity index (χ1v) is 8.51. The summed E-state index contributed by atoms with van der Waals surface area (Å²) in [4.78, 5) is 29.1. The van der Waals surface area contributed by atoms with Crippen LogP contribution in [-0.4, -0.2) is 55.1 Å². The molecule has 0 bridgehead atoms. The van der Waals surface area contributed by atoms with Crippen molar-refractivity contribution in [1.82, 2.24) is 10.2 Å². The lowest BCUT2D eigenvalue weighted by Crippen LogP contribution is -2.48. The highest BCUT2D eigenvalue weighted by Crippen LogP contribution is 2.11. The zero-order valence-electron chi connectivity index (χ0n) is 14.7. The number of halogens is 1. The first-order chi connectivity index (χ1) is 12.5. The molecular formula is C17H24FN5O3. The summed E-state index contributed by atoms with van der Waals surface area (Å²) < 4.78 is 18.0. The van der Waals surface area contributed by atoms with Gasteiger partial charge in [0.2, 0.25) is 5.91 Å². The number of amides is 2. The number of carbonyl (C=O) groups excluding carboxylic acids is 2. The van der Waals surface area contributed by atoms with E-state index in [1.54, 1.807) is 17.9 Å². The molecule has 0 aliphatic carbocycles. The van der Waals surface area contributed by atoms with E-state index >= 15 is 0 Å². The van der Waals surface area contributed by atoms with Crippen molar-refractivity contribution in [1.29, 1.82) is 0 Å². The minimum Gasteiger partial charge on any atom is -0.450 e. The summed E-state index contributed by atoms with van der Waals surface area (Å²) in [7, 11) is 0. The van der Waals surface area contributed by atoms with E-state index < -0.39 is 11.7 Å². The highest BCUT2D eigenvalue weighted by molar-refractivity contribution is 5.93. The summed E-state index contributed by atoms with van der Waals surface area (Å²) in [5, 5.41) is 5.59. The molecule has 0 saturated carbocycles. The van der Waals surface area contributed by atoms with E-state index in [0.717, 1.165) is 0 Å². The second-order valence-corrected chi connectivity index (χ2v) is 5.86. The number of nitrogens with zero attached hydrogens (tertiary/aromatic N) is 2. The van der Waals surface area contributed by atoms with Crippen molar-refractivity contribution in [3.05, 3.63) is 30.1 Å². The topological polar surface area (TPSA) is 109 Å². The van der Waals surface area contributed by atoms with Crippen LogP contribution in [0.5, 0.6) is 0 Å². The van der Waals surface area contributed by atoms with E-state index in [1.807, 2.05) is 0 Å². The maximum atomic E-state index is 13.1. The molecule has 9 heteroatoms. The fraction of sp³-hybridized carbons (Fsp3) is 0.471. The molecule has 0 spiro atoms. The monoisotopic (exact) mass is 365 g/mol. The fourth-order valence-corrected chi connectivity index (χ4v) is 2.60. The molecule has 1 heterocycles. The van der Waals surface area contributed by atoms with Crippen LogP contribution < -0.4 is 16.4 Å². The van der Waals surface area contributed by atoms with E-state index in [-0.39, 0.29) is 24.6 Å². The molecule has 0 unspecified atom stereocenters. The van der Waals surface area contributed by atoms with Gasteiger partial charge in [-0.25, -0.2) is 14.2 Å². The van der Waals surface area contributed by atoms with Gasteiger partial charge in [0.05, 0.1) is 6.61 Å². The quantitative estimate of drug-likeness (QED) is 0.538. The number of likely N-dealkylation sites (tertiary alicyclic amines) is 1. The smallest absolute Gasteiger partial charge is 0.409 e. The van der Waals surface area contributed by atoms with Crippen molar-refractivity contribution < 1.29 is 18.7 Å². The van der Waals surface area contributed by atoms with Crippen molar-refractivity contribution in [2.45, 2.75) is 25.8 Å². The Kier molecular flexibility index (Phi) is 7.19. The third-order valence-electron chi connectivity index (χ3n) is 3.87. The molecule has 142 valence electrons. The second-order valence-electron chi connectivity index (χ2n) is 5.86. The van der Waals surface area contributed by atoms with Crippen molar-refractivity contribution in [3.63, 3.8) is 0 Å². The number of nitrogens with two attached hydrogens (primary N) is 1. The molecule has 1 fully saturated rings. The Labute approximate surface area is 151 Å². The number of carbonyl (C=O) groups is 2. The predicted octanol–water partition coefficient (Wildman–Crippen LogP) is 1.29. The highest BCUT2D eigenvalue weighted by atomic mass is 19.1. The van der Waals surface area contributed by atoms with Crippen LogP contribution in [-0.2, 0) is 9.53 Å². The largest absolute Gasteiger partial charge is 0.450 e. The average Bonchev–Trinajstić information content (AvgIpc) is 2.61. The lowest BCUT2D eigenvalue weighted by atomic mass is 10.1. The molecular weight excluding hydrogens is 341 g/mol. The Morgan fingerprint density at radius 2 is 2.12 bits per heavy atom. The SMILES string of the molecule is CCOC(=O)N1CCC(NC(N)=NCC(=O)Nc2cccc(F)c2)CC1. The Bertz CT molecular complexity index is 660. The Morgan fingerprint density at radius 3 is 2.77 bits per heavy atom. The third-order valence-corrected chi connectivity index (χ3v) is 3.87. The number of nitrogens with one attached hydrogen (secondary N) is 2. The van der Waals surface area contributed by atoms with Crippen LogP contribution in [0.1, 0.15) is 19.8 Å². The summed E-state index contributed by atoms with van der Waals surface area (Å²) >= 11 is 0. The highest BCUT2D eigenvalue weighted by Gasteiger charge is 2.23. The Balaban J connectivity index is 1.73. The van der Waals surface area contributed by atoms with Crippen molar-refractivity contribution in [2.75, 3.05) is 31.6 Å². The predicted molar refractivity (Wildman–Crippen MR) is 96.3 cm³/mol. The lowest BCUT2D eigenvalue weighted by molar-refractivity contribution is -0.114. The molecule has 2 rings (SSSR count). The third kappa shape index (κ3) is 6.23. The number of hydrogen-bond donors (Lipinski definition) is 3. The summed E-state index contributed by atoms with van der Waals surface area (Å²) in [6.45, 7) is 3.10. The minimum atomic E-state index is -0.429. The van der Waals surface area contributed by atoms with Gasteiger partial charge in [-0.3, -0.25) is 4.79 Å². The molecule has 2 amide bonds. The number of ether oxygens (including phenoxy) is 1. The average molecular weight is 365 g/mol. The standard InChI is InChI=1S/C17H24FN5O3/c1-2-26-17(25)23-8-6-13(7-9-23)22-16(19)20-11-15(24)21-14-5-3-4-12(18)10-14/h3-5,10,13H,2,6-9,11H2,1H3,(H,21,24)(H3,19,20,22). The van der Waals surface area contributed by atoms with Gasteiger partial charge in [-0.1, -0.05) is 6.07 Å². The molecule has 0 radical (unpaired) electrons. The number of guanidine groups is 1. The maximum Gasteiger partial charge on any atom is 0.409 e. The van der Waals surface area contributed by atoms with E-state index in [1.165, 1.54) is 18.2 Å². The van der Waals surface area contributed by atoms with Gasteiger partial charge in [-0.05, 0) is 38.0 Å². The van der Waals surface area contributed by atoms with Gasteiger partial charge in [0.25, 0.3) is 0 Å². The molecule has 4 N–H and O–H groups in total. The van der Waals surface area contributed by atoms with Crippen molar-refractivity contribution in [2.24, 2.45) is 10.7 Å². The van der Waals surface area contributed by atoms with Crippen LogP contribution in [0.3, 0.4) is 0 Å². The summed E-state index contributed by atoms with van der Waals surface area (Å²) in [6, 6.07) is 5.69. The van der Waals surface area contributed by atoms with Crippen molar-refractivity contribution in [3.8, 4) is 0 Å². The minimum absolute atomic E-state index is 0.0794. The number of piperidine rings is 1. The normalized spacial score (nSPS) is 15.5. The van der Waals surface area contributed by atoms with Gasteiger partial charge >= 0.3 is 6.09 Å². The first kappa shape index (κ1) is 19.5. The summed E-state index contributed by atoms with van der Waals surface area (Å²) in [5.41, 5.74) is 6.17. The number of aliphatic imine (C=N–C) groups is 1. The molecule has 8 nitrogen and oxygen atoms in total. The number of hydrogen-bond acceptors (Lipinski definition) is 4. The molecule has 1 aliphatic heterocycles. The number of rotatable bonds is 5. The molecule has 1 saturated heterocycles. The van der Waals surface area contributed by atoms with Crippen LogP contribution >= 0.6 is 0 Å². The van der Waals surface area contributed by atoms with Gasteiger partial charge in [0.15, 0.2) is 5.96 Å². The van der Waals surface area contributed by atoms with Crippen LogP contribution in [0.2, 0.25) is 0 Å². The molecule has 0 atom stereocenters. The van der Waals surface area contributed by atoms with Crippen LogP contribution in [0.4, 0.5) is 14.9 Å². The molecule has 1 aliphatic rings. The summed E-state index contributed by atoms with van der Waals surface area (Å²) in [6.07, 6.45) is 1.12. The number of benzene rings is 1. The Morgan fingerprint density at radius 1 is 1.38 bits per heavy atom. The van der Waals surface area contributed by atoms with E-state index in [0.29, 0.717) is 38.2 Å². The Hall–Kier alpha value is -2.84. The van der Waals surface area contributed by atoms with Gasteiger partial charge < -0.3 is 26.0 Å². The maximum absolute atomic E-state index is 13.1. The van der Waals surface area contributed by atoms with Crippen molar-refractivity contribution >= 4 is 23.6 Å². The fourth-order valence-electron chi connectivity index (χ4n) is 2.60. The summed E-state index contributed by atoms with van der Waals surface area (Å²) in [5.74, 6) is -0.659. The second kappa shape index (κ2) is 9.59. The van der Waals surface area contributed by atoms with Gasteiger partial charge in [-0.15, -0.1) is 0 Å². The van der Waals surface area contributed by atoms with Gasteiger partial charge in [0, 0.05) is 24.8 Å². The van der Waals surface area contributed by atoms with E-state index in [9.17, 15) is 14.0 Å². The number of anilines is 1. The molecule has 26 heavy (non-hydrogen) atoms. The van der Waals surface area contributed by atoms with Crippen LogP contribution in [0.15, 0.2) is 29.3 Å². The zero-order valence-corrected chi connectivity index (χ0v) is 14.7. The first-order valence-electron chi connectivity index (χ1n) is 8.51. The van der Waals surface area contributed by atoms with Crippen LogP contribution in [0, 0.1) is 5.82 Å². The zero-order chi connectivity index (χ0) is 18.9. The van der Waals surface area contributed by atoms with E-state index in [2.05, 4.69) is 15.6 Å². The molecule has 1 aromatic rings. The van der Waals surface area contributed by atoms with E-state index in [4.69, 9.17) is 10.5 Å². The van der Waals surface area contributed by atoms with Gasteiger partial charge in [0.1, 0.15) is 12.4 Å². The van der Waals surface area contributed by atoms with Gasteiger partial charge in [-0.2, -0.15) is 0 Å².